The highest BCUT2D eigenvalue weighted by Gasteiger charge is 2.27. The summed E-state index contributed by atoms with van der Waals surface area (Å²) in [6, 6.07) is 8.10. The van der Waals surface area contributed by atoms with Crippen LogP contribution in [0.5, 0.6) is 5.75 Å². The van der Waals surface area contributed by atoms with Gasteiger partial charge >= 0.3 is 0 Å². The van der Waals surface area contributed by atoms with Crippen molar-refractivity contribution in [1.82, 2.24) is 14.5 Å². The fourth-order valence-electron chi connectivity index (χ4n) is 3.67. The van der Waals surface area contributed by atoms with Crippen molar-refractivity contribution in [2.24, 2.45) is 0 Å². The van der Waals surface area contributed by atoms with Gasteiger partial charge in [0.1, 0.15) is 11.6 Å². The van der Waals surface area contributed by atoms with Crippen LogP contribution in [0.25, 0.3) is 0 Å². The predicted octanol–water partition coefficient (Wildman–Crippen LogP) is 3.21. The number of imidazole rings is 1. The molecule has 2 aromatic rings. The fourth-order valence-corrected chi connectivity index (χ4v) is 3.67. The van der Waals surface area contributed by atoms with Crippen LogP contribution in [0.3, 0.4) is 0 Å². The van der Waals surface area contributed by atoms with Crippen molar-refractivity contribution in [2.45, 2.75) is 51.6 Å². The summed E-state index contributed by atoms with van der Waals surface area (Å²) >= 11 is 0. The van der Waals surface area contributed by atoms with Gasteiger partial charge < -0.3 is 14.2 Å². The summed E-state index contributed by atoms with van der Waals surface area (Å²) in [4.78, 5) is 19.3. The standard InChI is InChI=1S/C20H27N3O2/c1-16-21-11-14-22(16)13-10-18-8-5-6-12-23(18)20(24)15-17-7-3-4-9-19(17)25-2/h3-4,7,9,11,14,18H,5-6,8,10,12-13,15H2,1-2H3. The Balaban J connectivity index is 1.65. The first-order valence-corrected chi connectivity index (χ1v) is 9.08. The number of para-hydroxylation sites is 1. The Bertz CT molecular complexity index is 710. The largest absolute Gasteiger partial charge is 0.496 e. The number of piperidine rings is 1. The summed E-state index contributed by atoms with van der Waals surface area (Å²) in [6.45, 7) is 3.79. The molecule has 0 N–H and O–H groups in total. The predicted molar refractivity (Wildman–Crippen MR) is 97.6 cm³/mol. The maximum Gasteiger partial charge on any atom is 0.227 e. The zero-order valence-electron chi connectivity index (χ0n) is 15.1. The Labute approximate surface area is 149 Å². The first-order chi connectivity index (χ1) is 12.2. The van der Waals surface area contributed by atoms with Crippen molar-refractivity contribution < 1.29 is 9.53 Å². The molecule has 0 saturated carbocycles. The summed E-state index contributed by atoms with van der Waals surface area (Å²) in [5.41, 5.74) is 0.963. The van der Waals surface area contributed by atoms with E-state index < -0.39 is 0 Å². The Morgan fingerprint density at radius 3 is 2.92 bits per heavy atom. The molecule has 1 atom stereocenters. The van der Waals surface area contributed by atoms with Crippen LogP contribution in [0.2, 0.25) is 0 Å². The van der Waals surface area contributed by atoms with Gasteiger partial charge in [-0.2, -0.15) is 0 Å². The van der Waals surface area contributed by atoms with Crippen LogP contribution >= 0.6 is 0 Å². The average molecular weight is 341 g/mol. The van der Waals surface area contributed by atoms with Crippen LogP contribution in [0.15, 0.2) is 36.7 Å². The lowest BCUT2D eigenvalue weighted by Gasteiger charge is -2.36. The first-order valence-electron chi connectivity index (χ1n) is 9.08. The van der Waals surface area contributed by atoms with E-state index in [2.05, 4.69) is 14.5 Å². The van der Waals surface area contributed by atoms with E-state index in [-0.39, 0.29) is 5.91 Å². The summed E-state index contributed by atoms with van der Waals surface area (Å²) in [5.74, 6) is 2.03. The van der Waals surface area contributed by atoms with Gasteiger partial charge in [-0.25, -0.2) is 4.98 Å². The number of carbonyl (C=O) groups is 1. The van der Waals surface area contributed by atoms with Crippen molar-refractivity contribution >= 4 is 5.91 Å². The van der Waals surface area contributed by atoms with Gasteiger partial charge in [0.25, 0.3) is 0 Å². The summed E-state index contributed by atoms with van der Waals surface area (Å²) in [5, 5.41) is 0. The number of carbonyl (C=O) groups excluding carboxylic acids is 1. The van der Waals surface area contributed by atoms with Gasteiger partial charge in [0.05, 0.1) is 13.5 Å². The summed E-state index contributed by atoms with van der Waals surface area (Å²) in [7, 11) is 1.65. The van der Waals surface area contributed by atoms with Crippen molar-refractivity contribution in [3.63, 3.8) is 0 Å². The van der Waals surface area contributed by atoms with E-state index in [1.54, 1.807) is 7.11 Å². The zero-order valence-corrected chi connectivity index (χ0v) is 15.1. The van der Waals surface area contributed by atoms with Crippen molar-refractivity contribution in [3.05, 3.63) is 48.0 Å². The lowest BCUT2D eigenvalue weighted by atomic mass is 9.98. The first kappa shape index (κ1) is 17.5. The number of rotatable bonds is 6. The average Bonchev–Trinajstić information content (AvgIpc) is 3.05. The minimum Gasteiger partial charge on any atom is -0.496 e. The smallest absolute Gasteiger partial charge is 0.227 e. The van der Waals surface area contributed by atoms with Gasteiger partial charge in [-0.1, -0.05) is 18.2 Å². The summed E-state index contributed by atoms with van der Waals surface area (Å²) in [6.07, 6.45) is 8.62. The second-order valence-electron chi connectivity index (χ2n) is 6.68. The second kappa shape index (κ2) is 8.19. The molecular weight excluding hydrogens is 314 g/mol. The molecule has 25 heavy (non-hydrogen) atoms. The fraction of sp³-hybridized carbons (Fsp3) is 0.500. The Kier molecular flexibility index (Phi) is 5.74. The Morgan fingerprint density at radius 1 is 1.32 bits per heavy atom. The molecular formula is C20H27N3O2. The molecule has 5 nitrogen and oxygen atoms in total. The number of likely N-dealkylation sites (tertiary alicyclic amines) is 1. The SMILES string of the molecule is COc1ccccc1CC(=O)N1CCCCC1CCn1ccnc1C. The minimum atomic E-state index is 0.205. The van der Waals surface area contributed by atoms with Crippen LogP contribution in [0, 0.1) is 6.92 Å². The normalized spacial score (nSPS) is 17.5. The Hall–Kier alpha value is -2.30. The van der Waals surface area contributed by atoms with Crippen molar-refractivity contribution in [2.75, 3.05) is 13.7 Å². The second-order valence-corrected chi connectivity index (χ2v) is 6.68. The number of nitrogens with zero attached hydrogens (tertiary/aromatic N) is 3. The molecule has 2 heterocycles. The van der Waals surface area contributed by atoms with Gasteiger partial charge in [-0.15, -0.1) is 0 Å². The minimum absolute atomic E-state index is 0.205. The molecule has 1 unspecified atom stereocenters. The lowest BCUT2D eigenvalue weighted by Crippen LogP contribution is -2.45. The van der Waals surface area contributed by atoms with Gasteiger partial charge in [-0.05, 0) is 38.7 Å². The topological polar surface area (TPSA) is 47.4 Å². The number of hydrogen-bond acceptors (Lipinski definition) is 3. The third-order valence-corrected chi connectivity index (χ3v) is 5.11. The molecule has 0 radical (unpaired) electrons. The molecule has 1 amide bonds. The third-order valence-electron chi connectivity index (χ3n) is 5.11. The van der Waals surface area contributed by atoms with E-state index in [0.29, 0.717) is 12.5 Å². The number of methoxy groups -OCH3 is 1. The number of aromatic nitrogens is 2. The van der Waals surface area contributed by atoms with Crippen LogP contribution in [0.4, 0.5) is 0 Å². The quantitative estimate of drug-likeness (QED) is 0.810. The third kappa shape index (κ3) is 4.21. The van der Waals surface area contributed by atoms with E-state index in [0.717, 1.165) is 49.5 Å². The van der Waals surface area contributed by atoms with Crippen LogP contribution < -0.4 is 4.74 Å². The van der Waals surface area contributed by atoms with E-state index in [4.69, 9.17) is 4.74 Å². The number of benzene rings is 1. The van der Waals surface area contributed by atoms with E-state index >= 15 is 0 Å². The number of hydrogen-bond donors (Lipinski definition) is 0. The molecule has 134 valence electrons. The van der Waals surface area contributed by atoms with Crippen LogP contribution in [0.1, 0.15) is 37.1 Å². The molecule has 5 heteroatoms. The van der Waals surface area contributed by atoms with Gasteiger partial charge in [0.2, 0.25) is 5.91 Å². The lowest BCUT2D eigenvalue weighted by molar-refractivity contribution is -0.134. The maximum atomic E-state index is 12.9. The van der Waals surface area contributed by atoms with Gasteiger partial charge in [-0.3, -0.25) is 4.79 Å². The number of amides is 1. The van der Waals surface area contributed by atoms with E-state index in [1.807, 2.05) is 43.6 Å². The van der Waals surface area contributed by atoms with Gasteiger partial charge in [0, 0.05) is 37.1 Å². The molecule has 1 saturated heterocycles. The molecule has 0 bridgehead atoms. The van der Waals surface area contributed by atoms with Crippen LogP contribution in [-0.2, 0) is 17.8 Å². The molecule has 0 aliphatic carbocycles. The highest BCUT2D eigenvalue weighted by Crippen LogP contribution is 2.24. The van der Waals surface area contributed by atoms with Gasteiger partial charge in [0.15, 0.2) is 0 Å². The number of ether oxygens (including phenoxy) is 1. The molecule has 1 aliphatic rings. The highest BCUT2D eigenvalue weighted by atomic mass is 16.5. The molecule has 1 aliphatic heterocycles. The van der Waals surface area contributed by atoms with E-state index in [1.165, 1.54) is 6.42 Å². The molecule has 1 aromatic carbocycles. The van der Waals surface area contributed by atoms with Crippen LogP contribution in [-0.4, -0.2) is 40.1 Å². The molecule has 3 rings (SSSR count). The molecule has 1 aromatic heterocycles. The molecule has 0 spiro atoms. The molecule has 1 fully saturated rings. The maximum absolute atomic E-state index is 12.9. The van der Waals surface area contributed by atoms with Crippen molar-refractivity contribution in [1.29, 1.82) is 0 Å². The monoisotopic (exact) mass is 341 g/mol. The van der Waals surface area contributed by atoms with E-state index in [9.17, 15) is 4.79 Å². The summed E-state index contributed by atoms with van der Waals surface area (Å²) < 4.78 is 7.55. The highest BCUT2D eigenvalue weighted by molar-refractivity contribution is 5.80. The number of aryl methyl sites for hydroxylation is 2. The Morgan fingerprint density at radius 2 is 2.16 bits per heavy atom. The zero-order chi connectivity index (χ0) is 17.6. The van der Waals surface area contributed by atoms with Crippen molar-refractivity contribution in [3.8, 4) is 5.75 Å².